The molecule has 1 amide bonds. The fraction of sp³-hybridized carbons (Fsp3) is 0.556. The van der Waals surface area contributed by atoms with Gasteiger partial charge in [-0.25, -0.2) is 4.79 Å². The number of rotatable bonds is 4. The Morgan fingerprint density at radius 2 is 2.43 bits per heavy atom. The Morgan fingerprint density at radius 3 is 3.00 bits per heavy atom. The van der Waals surface area contributed by atoms with Gasteiger partial charge in [0, 0.05) is 18.7 Å². The molecule has 0 aliphatic carbocycles. The third-order valence-corrected chi connectivity index (χ3v) is 2.15. The van der Waals surface area contributed by atoms with Gasteiger partial charge < -0.3 is 15.7 Å². The maximum Gasteiger partial charge on any atom is 0.332 e. The van der Waals surface area contributed by atoms with E-state index in [4.69, 9.17) is 5.11 Å². The zero-order valence-electron chi connectivity index (χ0n) is 7.88. The number of nitrogens with one attached hydrogen (secondary N) is 2. The quantitative estimate of drug-likeness (QED) is 0.532. The van der Waals surface area contributed by atoms with Gasteiger partial charge in [0.1, 0.15) is 0 Å². The third-order valence-electron chi connectivity index (χ3n) is 2.15. The molecule has 5 heteroatoms. The maximum atomic E-state index is 11.2. The summed E-state index contributed by atoms with van der Waals surface area (Å²) in [6, 6.07) is -0.278. The molecule has 1 saturated heterocycles. The van der Waals surface area contributed by atoms with Gasteiger partial charge in [-0.15, -0.1) is 0 Å². The zero-order valence-corrected chi connectivity index (χ0v) is 7.88. The second-order valence-electron chi connectivity index (χ2n) is 3.28. The first-order valence-electron chi connectivity index (χ1n) is 4.53. The molecule has 0 bridgehead atoms. The monoisotopic (exact) mass is 198 g/mol. The predicted molar refractivity (Wildman–Crippen MR) is 50.8 cm³/mol. The molecule has 0 aromatic heterocycles. The van der Waals surface area contributed by atoms with E-state index in [1.165, 1.54) is 0 Å². The molecule has 78 valence electrons. The molecule has 0 aromatic rings. The molecule has 3 N–H and O–H groups in total. The van der Waals surface area contributed by atoms with Crippen LogP contribution in [0.15, 0.2) is 12.2 Å². The first-order valence-corrected chi connectivity index (χ1v) is 4.53. The lowest BCUT2D eigenvalue weighted by Gasteiger charge is -2.22. The van der Waals surface area contributed by atoms with E-state index >= 15 is 0 Å². The SMILES string of the molecule is C=C(CNC1CCCNC1=O)C(=O)O. The van der Waals surface area contributed by atoms with Gasteiger partial charge in [-0.05, 0) is 12.8 Å². The van der Waals surface area contributed by atoms with Crippen molar-refractivity contribution in [2.24, 2.45) is 0 Å². The number of carbonyl (C=O) groups is 2. The molecule has 0 spiro atoms. The van der Waals surface area contributed by atoms with Crippen molar-refractivity contribution in [1.82, 2.24) is 10.6 Å². The summed E-state index contributed by atoms with van der Waals surface area (Å²) in [5.74, 6) is -1.09. The van der Waals surface area contributed by atoms with E-state index in [1.807, 2.05) is 0 Å². The van der Waals surface area contributed by atoms with Gasteiger partial charge in [0.15, 0.2) is 0 Å². The summed E-state index contributed by atoms with van der Waals surface area (Å²) in [4.78, 5) is 21.6. The second-order valence-corrected chi connectivity index (χ2v) is 3.28. The van der Waals surface area contributed by atoms with Crippen molar-refractivity contribution in [3.63, 3.8) is 0 Å². The highest BCUT2D eigenvalue weighted by Gasteiger charge is 2.21. The lowest BCUT2D eigenvalue weighted by molar-refractivity contribution is -0.133. The fourth-order valence-corrected chi connectivity index (χ4v) is 1.29. The Bertz CT molecular complexity index is 263. The van der Waals surface area contributed by atoms with Crippen LogP contribution in [0.1, 0.15) is 12.8 Å². The highest BCUT2D eigenvalue weighted by atomic mass is 16.4. The van der Waals surface area contributed by atoms with E-state index in [0.717, 1.165) is 12.8 Å². The molecule has 14 heavy (non-hydrogen) atoms. The Balaban J connectivity index is 2.33. The Labute approximate surface area is 82.2 Å². The topological polar surface area (TPSA) is 78.4 Å². The molecule has 1 aliphatic rings. The Hall–Kier alpha value is -1.36. The summed E-state index contributed by atoms with van der Waals surface area (Å²) in [5.41, 5.74) is 0.0726. The van der Waals surface area contributed by atoms with E-state index < -0.39 is 5.97 Å². The molecular weight excluding hydrogens is 184 g/mol. The molecule has 1 atom stereocenters. The van der Waals surface area contributed by atoms with Crippen LogP contribution < -0.4 is 10.6 Å². The van der Waals surface area contributed by atoms with Crippen LogP contribution in [-0.2, 0) is 9.59 Å². The van der Waals surface area contributed by atoms with Crippen molar-refractivity contribution < 1.29 is 14.7 Å². The van der Waals surface area contributed by atoms with Crippen molar-refractivity contribution in [3.05, 3.63) is 12.2 Å². The lowest BCUT2D eigenvalue weighted by atomic mass is 10.1. The van der Waals surface area contributed by atoms with Gasteiger partial charge in [-0.2, -0.15) is 0 Å². The zero-order chi connectivity index (χ0) is 10.6. The third kappa shape index (κ3) is 2.85. The molecule has 1 rings (SSSR count). The molecule has 1 heterocycles. The minimum atomic E-state index is -1.03. The molecule has 0 radical (unpaired) electrons. The van der Waals surface area contributed by atoms with E-state index in [2.05, 4.69) is 17.2 Å². The number of amides is 1. The molecule has 5 nitrogen and oxygen atoms in total. The van der Waals surface area contributed by atoms with E-state index in [1.54, 1.807) is 0 Å². The van der Waals surface area contributed by atoms with Crippen molar-refractivity contribution in [2.75, 3.05) is 13.1 Å². The second kappa shape index (κ2) is 4.76. The van der Waals surface area contributed by atoms with Crippen molar-refractivity contribution in [2.45, 2.75) is 18.9 Å². The van der Waals surface area contributed by atoms with Crippen LogP contribution >= 0.6 is 0 Å². The van der Waals surface area contributed by atoms with Crippen molar-refractivity contribution >= 4 is 11.9 Å². The largest absolute Gasteiger partial charge is 0.478 e. The van der Waals surface area contributed by atoms with Crippen molar-refractivity contribution in [3.8, 4) is 0 Å². The predicted octanol–water partition coefficient (Wildman–Crippen LogP) is -0.505. The summed E-state index contributed by atoms with van der Waals surface area (Å²) in [7, 11) is 0. The fourth-order valence-electron chi connectivity index (χ4n) is 1.29. The van der Waals surface area contributed by atoms with Crippen LogP contribution in [-0.4, -0.2) is 36.1 Å². The maximum absolute atomic E-state index is 11.2. The standard InChI is InChI=1S/C9H14N2O3/c1-6(9(13)14)5-11-7-3-2-4-10-8(7)12/h7,11H,1-5H2,(H,10,12)(H,13,14). The summed E-state index contributed by atoms with van der Waals surface area (Å²) in [6.07, 6.45) is 1.67. The molecule has 1 fully saturated rings. The Morgan fingerprint density at radius 1 is 1.71 bits per heavy atom. The number of hydrogen-bond donors (Lipinski definition) is 3. The van der Waals surface area contributed by atoms with Crippen LogP contribution in [0, 0.1) is 0 Å². The van der Waals surface area contributed by atoms with Gasteiger partial charge in [-0.1, -0.05) is 6.58 Å². The first kappa shape index (κ1) is 10.7. The highest BCUT2D eigenvalue weighted by Crippen LogP contribution is 2.03. The molecule has 0 saturated carbocycles. The number of piperidine rings is 1. The van der Waals surface area contributed by atoms with E-state index in [0.29, 0.717) is 6.54 Å². The average Bonchev–Trinajstić information content (AvgIpc) is 2.16. The number of hydrogen-bond acceptors (Lipinski definition) is 3. The highest BCUT2D eigenvalue weighted by molar-refractivity contribution is 5.86. The number of carboxylic acids is 1. The minimum Gasteiger partial charge on any atom is -0.478 e. The van der Waals surface area contributed by atoms with Crippen LogP contribution in [0.3, 0.4) is 0 Å². The van der Waals surface area contributed by atoms with E-state index in [-0.39, 0.29) is 24.1 Å². The van der Waals surface area contributed by atoms with E-state index in [9.17, 15) is 9.59 Å². The van der Waals surface area contributed by atoms with Gasteiger partial charge in [0.05, 0.1) is 6.04 Å². The van der Waals surface area contributed by atoms with Crippen molar-refractivity contribution in [1.29, 1.82) is 0 Å². The van der Waals surface area contributed by atoms with Crippen LogP contribution in [0.2, 0.25) is 0 Å². The molecule has 1 unspecified atom stereocenters. The summed E-state index contributed by atoms with van der Waals surface area (Å²) < 4.78 is 0. The summed E-state index contributed by atoms with van der Waals surface area (Å²) in [5, 5.41) is 14.1. The van der Waals surface area contributed by atoms with Crippen LogP contribution in [0.25, 0.3) is 0 Å². The molecule has 0 aromatic carbocycles. The Kier molecular flexibility index (Phi) is 3.64. The first-order chi connectivity index (χ1) is 6.61. The summed E-state index contributed by atoms with van der Waals surface area (Å²) in [6.45, 7) is 4.22. The number of carbonyl (C=O) groups excluding carboxylic acids is 1. The average molecular weight is 198 g/mol. The minimum absolute atomic E-state index is 0.0607. The smallest absolute Gasteiger partial charge is 0.332 e. The van der Waals surface area contributed by atoms with Gasteiger partial charge >= 0.3 is 5.97 Å². The van der Waals surface area contributed by atoms with Gasteiger partial charge in [0.25, 0.3) is 0 Å². The van der Waals surface area contributed by atoms with Gasteiger partial charge in [-0.3, -0.25) is 4.79 Å². The van der Waals surface area contributed by atoms with Crippen LogP contribution in [0.4, 0.5) is 0 Å². The molecular formula is C9H14N2O3. The summed E-state index contributed by atoms with van der Waals surface area (Å²) >= 11 is 0. The number of carboxylic acid groups (broad SMARTS) is 1. The normalized spacial score (nSPS) is 21.4. The number of aliphatic carboxylic acids is 1. The van der Waals surface area contributed by atoms with Crippen LogP contribution in [0.5, 0.6) is 0 Å². The van der Waals surface area contributed by atoms with Gasteiger partial charge in [0.2, 0.25) is 5.91 Å². The molecule has 1 aliphatic heterocycles. The lowest BCUT2D eigenvalue weighted by Crippen LogP contribution is -2.48.